The van der Waals surface area contributed by atoms with E-state index in [9.17, 15) is 10.1 Å². The fourth-order valence-corrected chi connectivity index (χ4v) is 1.98. The normalized spacial score (nSPS) is 9.00. The summed E-state index contributed by atoms with van der Waals surface area (Å²) in [6, 6.07) is 7.06. The zero-order chi connectivity index (χ0) is 17.5. The van der Waals surface area contributed by atoms with Crippen molar-refractivity contribution in [3.05, 3.63) is 66.6 Å². The molecule has 0 radical (unpaired) electrons. The molecule has 4 aromatic rings. The largest absolute Gasteiger partial charge is 0.400 e. The van der Waals surface area contributed by atoms with Gasteiger partial charge in [0.15, 0.2) is 0 Å². The number of nitrogens with zero attached hydrogens (tertiary/aromatic N) is 3. The Labute approximate surface area is 165 Å². The Morgan fingerprint density at radius 3 is 2.12 bits per heavy atom. The number of pyridine rings is 2. The molecule has 4 heterocycles. The number of aromatic amines is 2. The van der Waals surface area contributed by atoms with Crippen LogP contribution in [0.25, 0.3) is 22.1 Å². The van der Waals surface area contributed by atoms with E-state index in [0.717, 1.165) is 23.5 Å². The van der Waals surface area contributed by atoms with E-state index < -0.39 is 4.92 Å². The predicted octanol–water partition coefficient (Wildman–Crippen LogP) is 2.92. The SMILES string of the molecule is CO.Nc1cnc2[nH]ccc2c1.O=[N+]([O-])c1cnc2[nH]ccc2c1.[CH3-].[HH].[Pd]. The number of aromatic nitrogens is 4. The first-order chi connectivity index (χ1) is 11.6. The average Bonchev–Trinajstić information content (AvgIpc) is 3.24. The van der Waals surface area contributed by atoms with Gasteiger partial charge in [-0.1, -0.05) is 0 Å². The maximum Gasteiger partial charge on any atom is 0.288 e. The fourth-order valence-electron chi connectivity index (χ4n) is 1.98. The van der Waals surface area contributed by atoms with Gasteiger partial charge in [0.2, 0.25) is 0 Å². The van der Waals surface area contributed by atoms with Gasteiger partial charge in [0.25, 0.3) is 5.69 Å². The molecule has 144 valence electrons. The molecule has 4 rings (SSSR count). The Hall–Kier alpha value is -2.80. The second-order valence-electron chi connectivity index (χ2n) is 4.55. The zero-order valence-corrected chi connectivity index (χ0v) is 15.7. The second kappa shape index (κ2) is 10.9. The van der Waals surface area contributed by atoms with Crippen LogP contribution in [0.4, 0.5) is 11.4 Å². The number of hydrogen-bond donors (Lipinski definition) is 4. The van der Waals surface area contributed by atoms with Crippen LogP contribution in [0, 0.1) is 17.5 Å². The number of hydrogen-bond acceptors (Lipinski definition) is 6. The summed E-state index contributed by atoms with van der Waals surface area (Å²) < 4.78 is 0. The molecule has 0 saturated carbocycles. The Balaban J connectivity index is 0. The van der Waals surface area contributed by atoms with Crippen molar-refractivity contribution in [2.24, 2.45) is 0 Å². The summed E-state index contributed by atoms with van der Waals surface area (Å²) in [7, 11) is 1.00. The first-order valence-corrected chi connectivity index (χ1v) is 6.84. The molecule has 0 atom stereocenters. The van der Waals surface area contributed by atoms with Crippen LogP contribution in [0.1, 0.15) is 1.43 Å². The van der Waals surface area contributed by atoms with Gasteiger partial charge in [0.05, 0.1) is 16.8 Å². The molecule has 0 unspecified atom stereocenters. The number of nitrogens with one attached hydrogen (secondary N) is 2. The van der Waals surface area contributed by atoms with E-state index in [1.807, 2.05) is 18.3 Å². The van der Waals surface area contributed by atoms with Gasteiger partial charge in [-0.05, 0) is 18.2 Å². The molecule has 0 aliphatic carbocycles. The first kappa shape index (κ1) is 23.2. The van der Waals surface area contributed by atoms with Crippen molar-refractivity contribution in [2.45, 2.75) is 0 Å². The number of nitrogens with two attached hydrogens (primary N) is 1. The van der Waals surface area contributed by atoms with E-state index in [1.54, 1.807) is 18.5 Å². The van der Waals surface area contributed by atoms with Crippen LogP contribution >= 0.6 is 0 Å². The van der Waals surface area contributed by atoms with Crippen molar-refractivity contribution >= 4 is 33.4 Å². The Morgan fingerprint density at radius 2 is 1.58 bits per heavy atom. The summed E-state index contributed by atoms with van der Waals surface area (Å²) in [4.78, 5) is 23.6. The number of aliphatic hydroxyl groups is 1. The monoisotopic (exact) mass is 451 g/mol. The molecular formula is C16H21N6O3Pd-. The van der Waals surface area contributed by atoms with E-state index in [0.29, 0.717) is 11.3 Å². The van der Waals surface area contributed by atoms with Crippen LogP contribution in [0.3, 0.4) is 0 Å². The molecule has 4 aromatic heterocycles. The number of nitro groups is 1. The van der Waals surface area contributed by atoms with Crippen molar-refractivity contribution in [3.8, 4) is 0 Å². The van der Waals surface area contributed by atoms with Crippen molar-refractivity contribution in [1.29, 1.82) is 0 Å². The molecular weight excluding hydrogens is 431 g/mol. The van der Waals surface area contributed by atoms with Gasteiger partial charge in [0, 0.05) is 58.2 Å². The molecule has 10 heteroatoms. The summed E-state index contributed by atoms with van der Waals surface area (Å²) in [5, 5.41) is 19.1. The molecule has 26 heavy (non-hydrogen) atoms. The summed E-state index contributed by atoms with van der Waals surface area (Å²) in [6.45, 7) is 0. The maximum atomic E-state index is 10.3. The number of nitrogen functional groups attached to an aromatic ring is 1. The molecule has 0 aliphatic rings. The third-order valence-electron chi connectivity index (χ3n) is 3.02. The molecule has 0 aromatic carbocycles. The summed E-state index contributed by atoms with van der Waals surface area (Å²) >= 11 is 0. The smallest absolute Gasteiger partial charge is 0.288 e. The number of fused-ring (bicyclic) bond motifs is 2. The van der Waals surface area contributed by atoms with E-state index in [-0.39, 0.29) is 35.0 Å². The van der Waals surface area contributed by atoms with Gasteiger partial charge in [-0.15, -0.1) is 0 Å². The van der Waals surface area contributed by atoms with Crippen molar-refractivity contribution in [1.82, 2.24) is 19.9 Å². The number of aliphatic hydroxyl groups excluding tert-OH is 1. The van der Waals surface area contributed by atoms with Crippen LogP contribution in [-0.2, 0) is 20.4 Å². The van der Waals surface area contributed by atoms with Crippen molar-refractivity contribution < 1.29 is 31.9 Å². The second-order valence-corrected chi connectivity index (χ2v) is 4.55. The minimum Gasteiger partial charge on any atom is -0.400 e. The Bertz CT molecular complexity index is 959. The van der Waals surface area contributed by atoms with E-state index in [2.05, 4.69) is 19.9 Å². The zero-order valence-electron chi connectivity index (χ0n) is 14.1. The van der Waals surface area contributed by atoms with Crippen LogP contribution in [0.15, 0.2) is 49.1 Å². The molecule has 0 bridgehead atoms. The quantitative estimate of drug-likeness (QED) is 0.151. The third kappa shape index (κ3) is 5.63. The molecule has 0 saturated heterocycles. The number of H-pyrrole nitrogens is 2. The molecule has 9 nitrogen and oxygen atoms in total. The number of anilines is 1. The summed E-state index contributed by atoms with van der Waals surface area (Å²) in [6.07, 6.45) is 6.41. The molecule has 0 aliphatic heterocycles. The minimum atomic E-state index is -0.459. The van der Waals surface area contributed by atoms with Crippen LogP contribution < -0.4 is 5.73 Å². The molecule has 0 spiro atoms. The molecule has 0 amide bonds. The minimum absolute atomic E-state index is 0. The van der Waals surface area contributed by atoms with Crippen molar-refractivity contribution in [2.75, 3.05) is 12.8 Å². The van der Waals surface area contributed by atoms with Gasteiger partial charge in [-0.25, -0.2) is 9.97 Å². The van der Waals surface area contributed by atoms with E-state index in [4.69, 9.17) is 10.8 Å². The van der Waals surface area contributed by atoms with Crippen LogP contribution in [0.5, 0.6) is 0 Å². The first-order valence-electron chi connectivity index (χ1n) is 6.84. The van der Waals surface area contributed by atoms with Crippen LogP contribution in [0.2, 0.25) is 0 Å². The molecule has 5 N–H and O–H groups in total. The third-order valence-corrected chi connectivity index (χ3v) is 3.02. The fraction of sp³-hybridized carbons (Fsp3) is 0.0625. The van der Waals surface area contributed by atoms with E-state index >= 15 is 0 Å². The van der Waals surface area contributed by atoms with Gasteiger partial charge in [-0.3, -0.25) is 10.1 Å². The number of rotatable bonds is 1. The van der Waals surface area contributed by atoms with Gasteiger partial charge in [0.1, 0.15) is 17.5 Å². The van der Waals surface area contributed by atoms with Gasteiger partial charge < -0.3 is 28.2 Å². The topological polar surface area (TPSA) is 147 Å². The average molecular weight is 452 g/mol. The summed E-state index contributed by atoms with van der Waals surface area (Å²) in [5.41, 5.74) is 7.77. The molecule has 0 fully saturated rings. The van der Waals surface area contributed by atoms with Gasteiger partial charge in [-0.2, -0.15) is 0 Å². The van der Waals surface area contributed by atoms with Crippen molar-refractivity contribution in [3.63, 3.8) is 0 Å². The van der Waals surface area contributed by atoms with Crippen LogP contribution in [-0.4, -0.2) is 37.1 Å². The Morgan fingerprint density at radius 1 is 1.08 bits per heavy atom. The predicted molar refractivity (Wildman–Crippen MR) is 99.9 cm³/mol. The summed E-state index contributed by atoms with van der Waals surface area (Å²) in [5.74, 6) is 0. The Kier molecular flexibility index (Phi) is 9.76. The van der Waals surface area contributed by atoms with E-state index in [1.165, 1.54) is 12.3 Å². The van der Waals surface area contributed by atoms with Gasteiger partial charge >= 0.3 is 0 Å². The standard InChI is InChI=1S/C7H5N3O2.C7H7N3.CH4O.CH3.Pd.H2/c11-10(12)6-3-5-1-2-8-7(5)9-4-6;8-6-3-5-1-2-9-7(5)10-4-6;1-2;;;/h1-4H,(H,8,9);1-4H,8H2,(H,9,10);2H,1H3;1H3;;1H/q;;;-1;;. The maximum absolute atomic E-state index is 10.3.